The van der Waals surface area contributed by atoms with Gasteiger partial charge in [-0.3, -0.25) is 4.98 Å². The summed E-state index contributed by atoms with van der Waals surface area (Å²) in [4.78, 5) is 15.6. The van der Waals surface area contributed by atoms with Crippen LogP contribution in [0.1, 0.15) is 26.5 Å². The fourth-order valence-corrected chi connectivity index (χ4v) is 1.97. The molecule has 1 aromatic heterocycles. The van der Waals surface area contributed by atoms with E-state index in [9.17, 15) is 4.79 Å². The summed E-state index contributed by atoms with van der Waals surface area (Å²) in [6, 6.07) is 5.87. The smallest absolute Gasteiger partial charge is 0.407 e. The standard InChI is InChI=1S/C13H20N2O2S/c1-13(2,3)17-12(16)15-8-9-18-10-11-6-4-5-7-14-11/h4-7H,8-10H2,1-3H3,(H,15,16). The van der Waals surface area contributed by atoms with E-state index in [0.29, 0.717) is 6.54 Å². The molecule has 0 aliphatic heterocycles. The Hall–Kier alpha value is -1.23. The largest absolute Gasteiger partial charge is 0.444 e. The molecule has 1 aromatic rings. The average molecular weight is 268 g/mol. The lowest BCUT2D eigenvalue weighted by Gasteiger charge is -2.19. The van der Waals surface area contributed by atoms with Gasteiger partial charge in [0.2, 0.25) is 0 Å². The van der Waals surface area contributed by atoms with Crippen molar-refractivity contribution in [3.05, 3.63) is 30.1 Å². The number of carbonyl (C=O) groups excluding carboxylic acids is 1. The fourth-order valence-electron chi connectivity index (χ4n) is 1.20. The van der Waals surface area contributed by atoms with Gasteiger partial charge in [-0.15, -0.1) is 0 Å². The second-order valence-corrected chi connectivity index (χ2v) is 5.91. The van der Waals surface area contributed by atoms with Crippen molar-refractivity contribution in [3.8, 4) is 0 Å². The molecule has 0 bridgehead atoms. The maximum absolute atomic E-state index is 11.3. The Balaban J connectivity index is 2.07. The minimum Gasteiger partial charge on any atom is -0.444 e. The monoisotopic (exact) mass is 268 g/mol. The molecule has 0 fully saturated rings. The first-order valence-corrected chi connectivity index (χ1v) is 7.07. The number of alkyl carbamates (subject to hydrolysis) is 1. The molecule has 0 aliphatic rings. The summed E-state index contributed by atoms with van der Waals surface area (Å²) in [6.45, 7) is 6.15. The van der Waals surface area contributed by atoms with Gasteiger partial charge in [-0.25, -0.2) is 4.79 Å². The maximum atomic E-state index is 11.3. The van der Waals surface area contributed by atoms with Crippen LogP contribution in [0.25, 0.3) is 0 Å². The molecule has 0 saturated heterocycles. The molecule has 0 saturated carbocycles. The SMILES string of the molecule is CC(C)(C)OC(=O)NCCSCc1ccccn1. The van der Waals surface area contributed by atoms with Crippen LogP contribution in [0.5, 0.6) is 0 Å². The maximum Gasteiger partial charge on any atom is 0.407 e. The van der Waals surface area contributed by atoms with Crippen LogP contribution in [0, 0.1) is 0 Å². The summed E-state index contributed by atoms with van der Waals surface area (Å²) < 4.78 is 5.13. The number of hydrogen-bond acceptors (Lipinski definition) is 4. The van der Waals surface area contributed by atoms with Gasteiger partial charge < -0.3 is 10.1 Å². The van der Waals surface area contributed by atoms with E-state index >= 15 is 0 Å². The van der Waals surface area contributed by atoms with Crippen molar-refractivity contribution in [3.63, 3.8) is 0 Å². The first-order valence-electron chi connectivity index (χ1n) is 5.92. The lowest BCUT2D eigenvalue weighted by molar-refractivity contribution is 0.0531. The van der Waals surface area contributed by atoms with Crippen molar-refractivity contribution in [1.82, 2.24) is 10.3 Å². The van der Waals surface area contributed by atoms with Crippen LogP contribution >= 0.6 is 11.8 Å². The zero-order valence-corrected chi connectivity index (χ0v) is 11.9. The van der Waals surface area contributed by atoms with Gasteiger partial charge in [0.25, 0.3) is 0 Å². The summed E-state index contributed by atoms with van der Waals surface area (Å²) >= 11 is 1.73. The predicted molar refractivity (Wildman–Crippen MR) is 74.6 cm³/mol. The molecule has 1 amide bonds. The molecular weight excluding hydrogens is 248 g/mol. The highest BCUT2D eigenvalue weighted by atomic mass is 32.2. The second-order valence-electron chi connectivity index (χ2n) is 4.80. The van der Waals surface area contributed by atoms with E-state index in [0.717, 1.165) is 17.2 Å². The Morgan fingerprint density at radius 3 is 2.83 bits per heavy atom. The molecule has 1 N–H and O–H groups in total. The molecule has 0 aromatic carbocycles. The van der Waals surface area contributed by atoms with Crippen LogP contribution in [0.15, 0.2) is 24.4 Å². The van der Waals surface area contributed by atoms with E-state index in [1.54, 1.807) is 18.0 Å². The van der Waals surface area contributed by atoms with Gasteiger partial charge in [-0.2, -0.15) is 11.8 Å². The zero-order chi connectivity index (χ0) is 13.4. The van der Waals surface area contributed by atoms with Gasteiger partial charge in [0, 0.05) is 24.2 Å². The molecule has 0 spiro atoms. The highest BCUT2D eigenvalue weighted by molar-refractivity contribution is 7.98. The fraction of sp³-hybridized carbons (Fsp3) is 0.538. The lowest BCUT2D eigenvalue weighted by atomic mass is 10.2. The minimum absolute atomic E-state index is 0.360. The van der Waals surface area contributed by atoms with Gasteiger partial charge in [0.1, 0.15) is 5.60 Å². The topological polar surface area (TPSA) is 51.2 Å². The lowest BCUT2D eigenvalue weighted by Crippen LogP contribution is -2.33. The molecule has 5 heteroatoms. The van der Waals surface area contributed by atoms with Crippen LogP contribution in [0.2, 0.25) is 0 Å². The van der Waals surface area contributed by atoms with Gasteiger partial charge in [-0.1, -0.05) is 6.07 Å². The number of pyridine rings is 1. The number of amides is 1. The molecule has 100 valence electrons. The molecule has 1 rings (SSSR count). The van der Waals surface area contributed by atoms with Crippen LogP contribution in [0.4, 0.5) is 4.79 Å². The van der Waals surface area contributed by atoms with Crippen LogP contribution < -0.4 is 5.32 Å². The van der Waals surface area contributed by atoms with E-state index in [1.165, 1.54) is 0 Å². The molecule has 0 aliphatic carbocycles. The van der Waals surface area contributed by atoms with Crippen LogP contribution in [0.3, 0.4) is 0 Å². The Labute approximate surface area is 113 Å². The molecule has 0 atom stereocenters. The van der Waals surface area contributed by atoms with Crippen LogP contribution in [-0.2, 0) is 10.5 Å². The second kappa shape index (κ2) is 7.26. The van der Waals surface area contributed by atoms with Gasteiger partial charge in [0.05, 0.1) is 5.69 Å². The molecule has 0 radical (unpaired) electrons. The third-order valence-corrected chi connectivity index (χ3v) is 2.88. The number of hydrogen-bond donors (Lipinski definition) is 1. The first kappa shape index (κ1) is 14.8. The van der Waals surface area contributed by atoms with Crippen molar-refractivity contribution in [2.24, 2.45) is 0 Å². The van der Waals surface area contributed by atoms with E-state index in [2.05, 4.69) is 10.3 Å². The number of thioether (sulfide) groups is 1. The van der Waals surface area contributed by atoms with E-state index in [1.807, 2.05) is 39.0 Å². The number of carbonyl (C=O) groups is 1. The average Bonchev–Trinajstić information content (AvgIpc) is 2.27. The van der Waals surface area contributed by atoms with Gasteiger partial charge in [-0.05, 0) is 32.9 Å². The minimum atomic E-state index is -0.439. The zero-order valence-electron chi connectivity index (χ0n) is 11.1. The van der Waals surface area contributed by atoms with Gasteiger partial charge in [0.15, 0.2) is 0 Å². The summed E-state index contributed by atoms with van der Waals surface area (Å²) in [7, 11) is 0. The van der Waals surface area contributed by atoms with E-state index < -0.39 is 5.60 Å². The molecular formula is C13H20N2O2S. The molecule has 18 heavy (non-hydrogen) atoms. The van der Waals surface area contributed by atoms with Crippen molar-refractivity contribution >= 4 is 17.9 Å². The highest BCUT2D eigenvalue weighted by Gasteiger charge is 2.15. The summed E-state index contributed by atoms with van der Waals surface area (Å²) in [6.07, 6.45) is 1.43. The van der Waals surface area contributed by atoms with Crippen molar-refractivity contribution < 1.29 is 9.53 Å². The van der Waals surface area contributed by atoms with Crippen molar-refractivity contribution in [2.45, 2.75) is 32.1 Å². The number of rotatable bonds is 5. The Kier molecular flexibility index (Phi) is 5.98. The Morgan fingerprint density at radius 2 is 2.22 bits per heavy atom. The molecule has 1 heterocycles. The summed E-state index contributed by atoms with van der Waals surface area (Å²) in [5.74, 6) is 1.70. The highest BCUT2D eigenvalue weighted by Crippen LogP contribution is 2.09. The normalized spacial score (nSPS) is 11.1. The van der Waals surface area contributed by atoms with Crippen molar-refractivity contribution in [2.75, 3.05) is 12.3 Å². The number of aromatic nitrogens is 1. The Morgan fingerprint density at radius 1 is 1.44 bits per heavy atom. The van der Waals surface area contributed by atoms with Gasteiger partial charge >= 0.3 is 6.09 Å². The van der Waals surface area contributed by atoms with E-state index in [-0.39, 0.29) is 6.09 Å². The molecule has 4 nitrogen and oxygen atoms in total. The summed E-state index contributed by atoms with van der Waals surface area (Å²) in [5, 5.41) is 2.72. The summed E-state index contributed by atoms with van der Waals surface area (Å²) in [5.41, 5.74) is 0.616. The number of nitrogens with one attached hydrogen (secondary N) is 1. The first-order chi connectivity index (χ1) is 8.47. The quantitative estimate of drug-likeness (QED) is 0.834. The Bertz CT molecular complexity index is 363. The van der Waals surface area contributed by atoms with E-state index in [4.69, 9.17) is 4.74 Å². The number of ether oxygens (including phenoxy) is 1. The third kappa shape index (κ3) is 7.17. The van der Waals surface area contributed by atoms with Crippen LogP contribution in [-0.4, -0.2) is 29.0 Å². The third-order valence-electron chi connectivity index (χ3n) is 1.89. The predicted octanol–water partition coefficient (Wildman–Crippen LogP) is 2.84. The van der Waals surface area contributed by atoms with Crippen molar-refractivity contribution in [1.29, 1.82) is 0 Å². The number of nitrogens with zero attached hydrogens (tertiary/aromatic N) is 1. The molecule has 0 unspecified atom stereocenters.